The number of benzene rings is 3. The minimum atomic E-state index is -0.579. The van der Waals surface area contributed by atoms with E-state index in [1.807, 2.05) is 37.3 Å². The molecule has 0 N–H and O–H groups in total. The number of hydrogen-bond donors (Lipinski definition) is 0. The summed E-state index contributed by atoms with van der Waals surface area (Å²) in [6.45, 7) is 4.97. The number of rotatable bonds is 10. The maximum Gasteiger partial charge on any atom is 0.335 e. The number of carbonyl (C=O) groups excluding carboxylic acids is 1. The summed E-state index contributed by atoms with van der Waals surface area (Å²) in [4.78, 5) is 12.0. The summed E-state index contributed by atoms with van der Waals surface area (Å²) in [5.41, 5.74) is 7.65. The molecule has 1 unspecified atom stereocenters. The van der Waals surface area contributed by atoms with E-state index in [9.17, 15) is 4.79 Å². The molecule has 0 aromatic heterocycles. The lowest BCUT2D eigenvalue weighted by Gasteiger charge is -2.15. The van der Waals surface area contributed by atoms with Gasteiger partial charge in [0.25, 0.3) is 0 Å². The highest BCUT2D eigenvalue weighted by Gasteiger charge is 2.20. The van der Waals surface area contributed by atoms with Gasteiger partial charge in [0.15, 0.2) is 6.10 Å². The highest BCUT2D eigenvalue weighted by molar-refractivity contribution is 5.78. The van der Waals surface area contributed by atoms with Crippen LogP contribution < -0.4 is 4.74 Å². The van der Waals surface area contributed by atoms with E-state index in [1.165, 1.54) is 27.8 Å². The van der Waals surface area contributed by atoms with Gasteiger partial charge in [0, 0.05) is 13.0 Å². The molecule has 4 heteroatoms. The lowest BCUT2D eigenvalue weighted by Crippen LogP contribution is -2.28. The van der Waals surface area contributed by atoms with Gasteiger partial charge in [0.1, 0.15) is 12.4 Å². The third-order valence-corrected chi connectivity index (χ3v) is 5.74. The van der Waals surface area contributed by atoms with Crippen molar-refractivity contribution in [3.8, 4) is 16.9 Å². The minimum absolute atomic E-state index is 0.319. The van der Waals surface area contributed by atoms with Crippen LogP contribution in [0.3, 0.4) is 0 Å². The summed E-state index contributed by atoms with van der Waals surface area (Å²) in [6, 6.07) is 23.0. The van der Waals surface area contributed by atoms with Gasteiger partial charge in [-0.05, 0) is 71.9 Å². The zero-order valence-electron chi connectivity index (χ0n) is 19.3. The van der Waals surface area contributed by atoms with Gasteiger partial charge in [0.2, 0.25) is 0 Å². The topological polar surface area (TPSA) is 44.8 Å². The number of fused-ring (bicyclic) bond motifs is 3. The van der Waals surface area contributed by atoms with Gasteiger partial charge >= 0.3 is 5.97 Å². The molecule has 4 nitrogen and oxygen atoms in total. The molecule has 0 heterocycles. The second-order valence-electron chi connectivity index (χ2n) is 8.01. The molecular weight excluding hydrogens is 412 g/mol. The van der Waals surface area contributed by atoms with Crippen LogP contribution in [0.2, 0.25) is 0 Å². The average Bonchev–Trinajstić information content (AvgIpc) is 3.20. The van der Waals surface area contributed by atoms with Crippen LogP contribution in [-0.4, -0.2) is 31.9 Å². The second-order valence-corrected chi connectivity index (χ2v) is 8.01. The number of ether oxygens (including phenoxy) is 3. The van der Waals surface area contributed by atoms with E-state index in [4.69, 9.17) is 14.2 Å². The van der Waals surface area contributed by atoms with Crippen molar-refractivity contribution < 1.29 is 19.0 Å². The van der Waals surface area contributed by atoms with Crippen LogP contribution in [0.25, 0.3) is 17.2 Å². The maximum absolute atomic E-state index is 12.0. The van der Waals surface area contributed by atoms with Crippen molar-refractivity contribution >= 4 is 12.0 Å². The van der Waals surface area contributed by atoms with Gasteiger partial charge in [-0.2, -0.15) is 0 Å². The van der Waals surface area contributed by atoms with Gasteiger partial charge in [-0.3, -0.25) is 0 Å². The minimum Gasteiger partial charge on any atom is -0.490 e. The first kappa shape index (κ1) is 22.8. The fraction of sp³-hybridized carbons (Fsp3) is 0.276. The van der Waals surface area contributed by atoms with Crippen LogP contribution in [0, 0.1) is 0 Å². The van der Waals surface area contributed by atoms with E-state index >= 15 is 0 Å². The first-order valence-corrected chi connectivity index (χ1v) is 11.6. The molecule has 0 spiro atoms. The molecule has 33 heavy (non-hydrogen) atoms. The van der Waals surface area contributed by atoms with Crippen LogP contribution in [0.5, 0.6) is 5.75 Å². The molecule has 0 saturated carbocycles. The highest BCUT2D eigenvalue weighted by atomic mass is 16.6. The van der Waals surface area contributed by atoms with Crippen molar-refractivity contribution in [3.63, 3.8) is 0 Å². The van der Waals surface area contributed by atoms with Gasteiger partial charge in [0.05, 0.1) is 6.61 Å². The molecule has 1 atom stereocenters. The third-order valence-electron chi connectivity index (χ3n) is 5.74. The first-order chi connectivity index (χ1) is 16.2. The van der Waals surface area contributed by atoms with Crippen LogP contribution in [0.1, 0.15) is 36.1 Å². The predicted molar refractivity (Wildman–Crippen MR) is 131 cm³/mol. The first-order valence-electron chi connectivity index (χ1n) is 11.6. The molecule has 0 fully saturated rings. The van der Waals surface area contributed by atoms with Crippen LogP contribution in [-0.2, 0) is 27.1 Å². The summed E-state index contributed by atoms with van der Waals surface area (Å²) in [6.07, 6.45) is 5.03. The van der Waals surface area contributed by atoms with Crippen LogP contribution >= 0.6 is 0 Å². The smallest absolute Gasteiger partial charge is 0.335 e. The number of esters is 1. The molecule has 3 aromatic rings. The Morgan fingerprint density at radius 3 is 2.52 bits per heavy atom. The second kappa shape index (κ2) is 11.0. The Balaban J connectivity index is 1.29. The Morgan fingerprint density at radius 1 is 0.939 bits per heavy atom. The Hall–Kier alpha value is -3.37. The van der Waals surface area contributed by atoms with E-state index < -0.39 is 6.10 Å². The lowest BCUT2D eigenvalue weighted by molar-refractivity contribution is -0.156. The van der Waals surface area contributed by atoms with Crippen molar-refractivity contribution in [2.45, 2.75) is 32.8 Å². The fourth-order valence-corrected chi connectivity index (χ4v) is 4.18. The number of hydrogen-bond acceptors (Lipinski definition) is 4. The molecule has 170 valence electrons. The maximum atomic E-state index is 12.0. The molecule has 1 aliphatic rings. The fourth-order valence-electron chi connectivity index (χ4n) is 4.18. The summed E-state index contributed by atoms with van der Waals surface area (Å²) >= 11 is 0. The molecule has 0 amide bonds. The SMILES string of the molecule is CCOC(=O)C(Cc1ccc(OC/C=C/c2ccc3c(c2)Cc2ccccc2-3)cc1)OCC. The van der Waals surface area contributed by atoms with Gasteiger partial charge < -0.3 is 14.2 Å². The van der Waals surface area contributed by atoms with E-state index in [0.717, 1.165) is 17.7 Å². The quantitative estimate of drug-likeness (QED) is 0.289. The Kier molecular flexibility index (Phi) is 7.59. The van der Waals surface area contributed by atoms with Crippen LogP contribution in [0.4, 0.5) is 0 Å². The molecule has 3 aromatic carbocycles. The van der Waals surface area contributed by atoms with Crippen LogP contribution in [0.15, 0.2) is 72.8 Å². The van der Waals surface area contributed by atoms with Gasteiger partial charge in [-0.25, -0.2) is 4.79 Å². The number of carbonyl (C=O) groups is 1. The monoisotopic (exact) mass is 442 g/mol. The summed E-state index contributed by atoms with van der Waals surface area (Å²) < 4.78 is 16.5. The molecule has 4 rings (SSSR count). The zero-order chi connectivity index (χ0) is 23.0. The normalized spacial score (nSPS) is 12.9. The largest absolute Gasteiger partial charge is 0.490 e. The third kappa shape index (κ3) is 5.71. The van der Waals surface area contributed by atoms with E-state index in [2.05, 4.69) is 48.5 Å². The van der Waals surface area contributed by atoms with Crippen molar-refractivity contribution in [3.05, 3.63) is 95.1 Å². The summed E-state index contributed by atoms with van der Waals surface area (Å²) in [5, 5.41) is 0. The zero-order valence-corrected chi connectivity index (χ0v) is 19.3. The molecular formula is C29H30O4. The van der Waals surface area contributed by atoms with Gasteiger partial charge in [-0.1, -0.05) is 60.7 Å². The Bertz CT molecular complexity index is 1110. The average molecular weight is 443 g/mol. The molecule has 0 saturated heterocycles. The van der Waals surface area contributed by atoms with Crippen molar-refractivity contribution in [1.29, 1.82) is 0 Å². The van der Waals surface area contributed by atoms with E-state index in [-0.39, 0.29) is 5.97 Å². The van der Waals surface area contributed by atoms with Crippen molar-refractivity contribution in [2.75, 3.05) is 19.8 Å². The van der Waals surface area contributed by atoms with E-state index in [1.54, 1.807) is 6.92 Å². The highest BCUT2D eigenvalue weighted by Crippen LogP contribution is 2.36. The Morgan fingerprint density at radius 2 is 1.73 bits per heavy atom. The van der Waals surface area contributed by atoms with Crippen molar-refractivity contribution in [2.24, 2.45) is 0 Å². The van der Waals surface area contributed by atoms with E-state index in [0.29, 0.717) is 26.2 Å². The Labute approximate surface area is 195 Å². The van der Waals surface area contributed by atoms with Gasteiger partial charge in [-0.15, -0.1) is 0 Å². The summed E-state index contributed by atoms with van der Waals surface area (Å²) in [7, 11) is 0. The molecule has 1 aliphatic carbocycles. The molecule has 0 bridgehead atoms. The molecule has 0 aliphatic heterocycles. The molecule has 0 radical (unpaired) electrons. The standard InChI is InChI=1S/C29H30O4/c1-3-31-28(29(30)32-4-2)19-22-11-14-25(15-12-22)33-17-7-8-21-13-16-27-24(18-21)20-23-9-5-6-10-26(23)27/h5-16,18,28H,3-4,17,19-20H2,1-2H3/b8-7+. The van der Waals surface area contributed by atoms with Crippen molar-refractivity contribution in [1.82, 2.24) is 0 Å². The predicted octanol–water partition coefficient (Wildman–Crippen LogP) is 5.86. The lowest BCUT2D eigenvalue weighted by atomic mass is 10.0. The summed E-state index contributed by atoms with van der Waals surface area (Å²) in [5.74, 6) is 0.470.